The Morgan fingerprint density at radius 3 is 2.62 bits per heavy atom. The van der Waals surface area contributed by atoms with Crippen LogP contribution in [-0.4, -0.2) is 36.1 Å². The maximum atomic E-state index is 11.1. The Hall–Kier alpha value is -0.570. The Bertz CT molecular complexity index is 240. The zero-order valence-corrected chi connectivity index (χ0v) is 8.09. The largest absolute Gasteiger partial charge is 0.340 e. The van der Waals surface area contributed by atoms with E-state index in [0.717, 1.165) is 32.2 Å². The predicted molar refractivity (Wildman–Crippen MR) is 48.5 cm³/mol. The molecular weight excluding hydrogens is 190 g/mol. The summed E-state index contributed by atoms with van der Waals surface area (Å²) >= 11 is 5.42. The molecule has 2 aliphatic rings. The topological polar surface area (TPSA) is 37.4 Å². The van der Waals surface area contributed by atoms with Crippen molar-refractivity contribution in [3.8, 4) is 0 Å². The van der Waals surface area contributed by atoms with Crippen LogP contribution in [-0.2, 0) is 9.59 Å². The summed E-state index contributed by atoms with van der Waals surface area (Å²) < 4.78 is 0. The molecule has 1 saturated heterocycles. The number of alkyl halides is 1. The van der Waals surface area contributed by atoms with E-state index >= 15 is 0 Å². The first kappa shape index (κ1) is 9.00. The quantitative estimate of drug-likeness (QED) is 0.486. The van der Waals surface area contributed by atoms with E-state index in [-0.39, 0.29) is 23.1 Å². The van der Waals surface area contributed by atoms with Gasteiger partial charge in [-0.3, -0.25) is 4.79 Å². The molecule has 2 fully saturated rings. The van der Waals surface area contributed by atoms with E-state index in [9.17, 15) is 9.59 Å². The van der Waals surface area contributed by atoms with Crippen LogP contribution < -0.4 is 0 Å². The Morgan fingerprint density at radius 2 is 2.15 bits per heavy atom. The van der Waals surface area contributed by atoms with Gasteiger partial charge in [-0.25, -0.2) is 0 Å². The van der Waals surface area contributed by atoms with Gasteiger partial charge in [-0.15, -0.1) is 11.6 Å². The fraction of sp³-hybridized carbons (Fsp3) is 0.778. The lowest BCUT2D eigenvalue weighted by atomic mass is 9.58. The molecule has 0 atom stereocenters. The van der Waals surface area contributed by atoms with E-state index in [1.807, 2.05) is 0 Å². The molecule has 0 unspecified atom stereocenters. The summed E-state index contributed by atoms with van der Waals surface area (Å²) in [6.07, 6.45) is 2.95. The number of hydrogen-bond donors (Lipinski definition) is 0. The summed E-state index contributed by atoms with van der Waals surface area (Å²) in [6, 6.07) is 0. The summed E-state index contributed by atoms with van der Waals surface area (Å²) in [4.78, 5) is 23.3. The number of halogens is 1. The van der Waals surface area contributed by atoms with Crippen molar-refractivity contribution < 1.29 is 9.59 Å². The van der Waals surface area contributed by atoms with Crippen LogP contribution in [0.1, 0.15) is 12.8 Å². The minimum atomic E-state index is 0.0156. The molecule has 1 aliphatic heterocycles. The molecule has 1 heterocycles. The van der Waals surface area contributed by atoms with E-state index in [0.29, 0.717) is 0 Å². The molecule has 0 radical (unpaired) electrons. The van der Waals surface area contributed by atoms with Crippen LogP contribution in [0.5, 0.6) is 0 Å². The van der Waals surface area contributed by atoms with Crippen molar-refractivity contribution in [2.45, 2.75) is 12.8 Å². The standard InChI is InChI=1S/C9H12ClNO2/c10-3-8(13)11-5-9(6-11)1-7(2-9)4-12/h4,7H,1-3,5-6H2. The van der Waals surface area contributed by atoms with Gasteiger partial charge in [0, 0.05) is 24.4 Å². The van der Waals surface area contributed by atoms with Gasteiger partial charge in [0.2, 0.25) is 5.91 Å². The van der Waals surface area contributed by atoms with Crippen LogP contribution >= 0.6 is 11.6 Å². The minimum absolute atomic E-state index is 0.0156. The van der Waals surface area contributed by atoms with Crippen LogP contribution in [0.3, 0.4) is 0 Å². The second kappa shape index (κ2) is 2.98. The highest BCUT2D eigenvalue weighted by molar-refractivity contribution is 6.27. The second-order valence-electron chi connectivity index (χ2n) is 4.19. The predicted octanol–water partition coefficient (Wildman–Crippen LogP) is 0.663. The van der Waals surface area contributed by atoms with E-state index in [2.05, 4.69) is 0 Å². The highest BCUT2D eigenvalue weighted by atomic mass is 35.5. The molecule has 2 rings (SSSR count). The lowest BCUT2D eigenvalue weighted by Crippen LogP contribution is -2.64. The van der Waals surface area contributed by atoms with Gasteiger partial charge in [0.1, 0.15) is 12.2 Å². The number of likely N-dealkylation sites (tertiary alicyclic amines) is 1. The van der Waals surface area contributed by atoms with Gasteiger partial charge in [0.15, 0.2) is 0 Å². The molecular formula is C9H12ClNO2. The normalized spacial score (nSPS) is 25.2. The van der Waals surface area contributed by atoms with Crippen molar-refractivity contribution in [1.82, 2.24) is 4.90 Å². The first-order valence-corrected chi connectivity index (χ1v) is 5.02. The Labute approximate surface area is 82.0 Å². The van der Waals surface area contributed by atoms with E-state index in [1.165, 1.54) is 0 Å². The molecule has 72 valence electrons. The van der Waals surface area contributed by atoms with Crippen LogP contribution in [0.2, 0.25) is 0 Å². The smallest absolute Gasteiger partial charge is 0.237 e. The maximum Gasteiger partial charge on any atom is 0.237 e. The average molecular weight is 202 g/mol. The van der Waals surface area contributed by atoms with Crippen LogP contribution in [0.25, 0.3) is 0 Å². The molecule has 0 aromatic rings. The molecule has 13 heavy (non-hydrogen) atoms. The van der Waals surface area contributed by atoms with E-state index in [4.69, 9.17) is 11.6 Å². The Morgan fingerprint density at radius 1 is 1.54 bits per heavy atom. The van der Waals surface area contributed by atoms with Gasteiger partial charge < -0.3 is 9.69 Å². The third kappa shape index (κ3) is 1.35. The molecule has 1 amide bonds. The number of carbonyl (C=O) groups excluding carboxylic acids is 2. The number of amides is 1. The highest BCUT2D eigenvalue weighted by Gasteiger charge is 2.53. The second-order valence-corrected chi connectivity index (χ2v) is 4.46. The molecule has 0 N–H and O–H groups in total. The van der Waals surface area contributed by atoms with Gasteiger partial charge >= 0.3 is 0 Å². The van der Waals surface area contributed by atoms with Crippen molar-refractivity contribution in [1.29, 1.82) is 0 Å². The molecule has 0 bridgehead atoms. The average Bonchev–Trinajstić information content (AvgIpc) is 1.99. The molecule has 0 aromatic carbocycles. The molecule has 0 aromatic heterocycles. The van der Waals surface area contributed by atoms with Crippen molar-refractivity contribution in [3.05, 3.63) is 0 Å². The van der Waals surface area contributed by atoms with Gasteiger partial charge in [-0.05, 0) is 12.8 Å². The maximum absolute atomic E-state index is 11.1. The van der Waals surface area contributed by atoms with Gasteiger partial charge in [0.05, 0.1) is 0 Å². The number of hydrogen-bond acceptors (Lipinski definition) is 2. The van der Waals surface area contributed by atoms with E-state index in [1.54, 1.807) is 4.90 Å². The fourth-order valence-electron chi connectivity index (χ4n) is 2.43. The lowest BCUT2D eigenvalue weighted by Gasteiger charge is -2.57. The minimum Gasteiger partial charge on any atom is -0.340 e. The summed E-state index contributed by atoms with van der Waals surface area (Å²) in [5.74, 6) is 0.336. The molecule has 1 spiro atoms. The number of rotatable bonds is 2. The number of aldehydes is 1. The van der Waals surface area contributed by atoms with Crippen LogP contribution in [0.15, 0.2) is 0 Å². The van der Waals surface area contributed by atoms with Gasteiger partial charge in [-0.1, -0.05) is 0 Å². The SMILES string of the molecule is O=CC1CC2(C1)CN(C(=O)CCl)C2. The Balaban J connectivity index is 1.79. The third-order valence-corrected chi connectivity index (χ3v) is 3.33. The summed E-state index contributed by atoms with van der Waals surface area (Å²) in [7, 11) is 0. The molecule has 1 saturated carbocycles. The third-order valence-electron chi connectivity index (χ3n) is 3.10. The Kier molecular flexibility index (Phi) is 2.06. The van der Waals surface area contributed by atoms with Crippen LogP contribution in [0.4, 0.5) is 0 Å². The van der Waals surface area contributed by atoms with Crippen molar-refractivity contribution in [2.75, 3.05) is 19.0 Å². The van der Waals surface area contributed by atoms with Crippen molar-refractivity contribution >= 4 is 23.8 Å². The first-order valence-electron chi connectivity index (χ1n) is 4.48. The number of nitrogens with zero attached hydrogens (tertiary/aromatic N) is 1. The fourth-order valence-corrected chi connectivity index (χ4v) is 2.60. The van der Waals surface area contributed by atoms with Crippen molar-refractivity contribution in [3.63, 3.8) is 0 Å². The van der Waals surface area contributed by atoms with E-state index < -0.39 is 0 Å². The number of carbonyl (C=O) groups is 2. The molecule has 4 heteroatoms. The zero-order valence-electron chi connectivity index (χ0n) is 7.33. The summed E-state index contributed by atoms with van der Waals surface area (Å²) in [6.45, 7) is 1.62. The zero-order chi connectivity index (χ0) is 9.47. The highest BCUT2D eigenvalue weighted by Crippen LogP contribution is 2.50. The lowest BCUT2D eigenvalue weighted by molar-refractivity contribution is -0.153. The monoisotopic (exact) mass is 201 g/mol. The molecule has 1 aliphatic carbocycles. The summed E-state index contributed by atoms with van der Waals surface area (Å²) in [5.41, 5.74) is 0.285. The summed E-state index contributed by atoms with van der Waals surface area (Å²) in [5, 5.41) is 0. The van der Waals surface area contributed by atoms with Crippen LogP contribution in [0, 0.1) is 11.3 Å². The molecule has 3 nitrogen and oxygen atoms in total. The van der Waals surface area contributed by atoms with Gasteiger partial charge in [-0.2, -0.15) is 0 Å². The van der Waals surface area contributed by atoms with Crippen molar-refractivity contribution in [2.24, 2.45) is 11.3 Å². The first-order chi connectivity index (χ1) is 6.19. The van der Waals surface area contributed by atoms with Gasteiger partial charge in [0.25, 0.3) is 0 Å².